The van der Waals surface area contributed by atoms with Crippen LogP contribution in [0.3, 0.4) is 0 Å². The molecule has 2 atom stereocenters. The number of carbonyl (C=O) groups is 2. The van der Waals surface area contributed by atoms with Crippen molar-refractivity contribution in [1.82, 2.24) is 25.3 Å². The van der Waals surface area contributed by atoms with Crippen LogP contribution in [0.25, 0.3) is 0 Å². The molecule has 3 aliphatic heterocycles. The van der Waals surface area contributed by atoms with Gasteiger partial charge in [-0.2, -0.15) is 0 Å². The van der Waals surface area contributed by atoms with Gasteiger partial charge in [0.1, 0.15) is 12.2 Å². The maximum absolute atomic E-state index is 12.9. The van der Waals surface area contributed by atoms with Crippen LogP contribution >= 0.6 is 0 Å². The lowest BCUT2D eigenvalue weighted by molar-refractivity contribution is -0.147. The van der Waals surface area contributed by atoms with Crippen molar-refractivity contribution in [3.8, 4) is 0 Å². The molecule has 4 rings (SSSR count). The standard InChI is InChI=1S/C21H31N5O3/c1-16-21(14-22-2)23-20(15-26(21)18(27)13-25(16)19(28)29)8-10-24(11-9-20)12-17-6-4-3-5-7-17/h3-7,16,22-23H,8-15H2,1-2H3,(H,28,29). The highest BCUT2D eigenvalue weighted by molar-refractivity contribution is 5.85. The lowest BCUT2D eigenvalue weighted by Crippen LogP contribution is -2.75. The van der Waals surface area contributed by atoms with Gasteiger partial charge in [0.15, 0.2) is 0 Å². The van der Waals surface area contributed by atoms with Crippen LogP contribution in [0.2, 0.25) is 0 Å². The molecule has 158 valence electrons. The molecule has 0 aliphatic carbocycles. The van der Waals surface area contributed by atoms with Crippen LogP contribution in [-0.2, 0) is 11.3 Å². The van der Waals surface area contributed by atoms with Gasteiger partial charge in [-0.3, -0.25) is 19.9 Å². The maximum atomic E-state index is 12.9. The molecule has 1 aromatic carbocycles. The van der Waals surface area contributed by atoms with Gasteiger partial charge in [-0.25, -0.2) is 4.79 Å². The van der Waals surface area contributed by atoms with Crippen molar-refractivity contribution in [2.24, 2.45) is 0 Å². The minimum Gasteiger partial charge on any atom is -0.465 e. The summed E-state index contributed by atoms with van der Waals surface area (Å²) in [5.74, 6) is -0.114. The van der Waals surface area contributed by atoms with E-state index in [2.05, 4.69) is 39.8 Å². The number of nitrogens with one attached hydrogen (secondary N) is 2. The van der Waals surface area contributed by atoms with Crippen LogP contribution in [-0.4, -0.2) is 88.8 Å². The van der Waals surface area contributed by atoms with Crippen molar-refractivity contribution in [3.63, 3.8) is 0 Å². The number of nitrogens with zero attached hydrogens (tertiary/aromatic N) is 3. The third-order valence-corrected chi connectivity index (χ3v) is 6.94. The van der Waals surface area contributed by atoms with E-state index in [4.69, 9.17) is 0 Å². The highest BCUT2D eigenvalue weighted by atomic mass is 16.4. The fraction of sp³-hybridized carbons (Fsp3) is 0.619. The molecule has 0 saturated carbocycles. The van der Waals surface area contributed by atoms with Crippen molar-refractivity contribution in [1.29, 1.82) is 0 Å². The Hall–Kier alpha value is -2.16. The van der Waals surface area contributed by atoms with E-state index in [1.54, 1.807) is 0 Å². The Morgan fingerprint density at radius 3 is 2.59 bits per heavy atom. The molecule has 0 radical (unpaired) electrons. The summed E-state index contributed by atoms with van der Waals surface area (Å²) >= 11 is 0. The van der Waals surface area contributed by atoms with Gasteiger partial charge in [0.05, 0.1) is 6.04 Å². The van der Waals surface area contributed by atoms with Crippen LogP contribution in [0.5, 0.6) is 0 Å². The Labute approximate surface area is 171 Å². The predicted octanol–water partition coefficient (Wildman–Crippen LogP) is 0.751. The van der Waals surface area contributed by atoms with E-state index in [0.29, 0.717) is 13.1 Å². The average Bonchev–Trinajstić information content (AvgIpc) is 3.03. The Balaban J connectivity index is 1.51. The zero-order chi connectivity index (χ0) is 20.6. The third-order valence-electron chi connectivity index (χ3n) is 6.94. The van der Waals surface area contributed by atoms with Crippen LogP contribution in [0.4, 0.5) is 4.79 Å². The van der Waals surface area contributed by atoms with Gasteiger partial charge >= 0.3 is 6.09 Å². The summed E-state index contributed by atoms with van der Waals surface area (Å²) in [7, 11) is 1.85. The Kier molecular flexibility index (Phi) is 5.27. The largest absolute Gasteiger partial charge is 0.465 e. The second-order valence-corrected chi connectivity index (χ2v) is 8.69. The molecule has 29 heavy (non-hydrogen) atoms. The molecular weight excluding hydrogens is 370 g/mol. The molecule has 1 spiro atoms. The van der Waals surface area contributed by atoms with E-state index >= 15 is 0 Å². The molecule has 8 nitrogen and oxygen atoms in total. The van der Waals surface area contributed by atoms with Gasteiger partial charge in [-0.05, 0) is 32.4 Å². The number of carboxylic acid groups (broad SMARTS) is 1. The molecule has 0 bridgehead atoms. The van der Waals surface area contributed by atoms with Crippen LogP contribution in [0.15, 0.2) is 30.3 Å². The molecule has 3 aliphatic rings. The predicted molar refractivity (Wildman–Crippen MR) is 109 cm³/mol. The second-order valence-electron chi connectivity index (χ2n) is 8.69. The summed E-state index contributed by atoms with van der Waals surface area (Å²) in [6.45, 7) is 5.84. The van der Waals surface area contributed by atoms with E-state index in [-0.39, 0.29) is 24.0 Å². The van der Waals surface area contributed by atoms with Crippen LogP contribution < -0.4 is 10.6 Å². The zero-order valence-electron chi connectivity index (χ0n) is 17.2. The summed E-state index contributed by atoms with van der Waals surface area (Å²) in [6.07, 6.45) is 0.838. The average molecular weight is 402 g/mol. The molecule has 2 amide bonds. The molecule has 3 N–H and O–H groups in total. The second kappa shape index (κ2) is 7.59. The zero-order valence-corrected chi connectivity index (χ0v) is 17.2. The number of fused-ring (bicyclic) bond motifs is 1. The number of carbonyl (C=O) groups excluding carboxylic acids is 1. The van der Waals surface area contributed by atoms with Gasteiger partial charge < -0.3 is 15.3 Å². The minimum atomic E-state index is -1.04. The highest BCUT2D eigenvalue weighted by Crippen LogP contribution is 2.40. The van der Waals surface area contributed by atoms with Crippen molar-refractivity contribution in [2.45, 2.75) is 43.6 Å². The Bertz CT molecular complexity index is 765. The quantitative estimate of drug-likeness (QED) is 0.690. The molecule has 8 heteroatoms. The number of hydrogen-bond donors (Lipinski definition) is 3. The van der Waals surface area contributed by atoms with Crippen LogP contribution in [0, 0.1) is 0 Å². The van der Waals surface area contributed by atoms with Gasteiger partial charge in [0.25, 0.3) is 0 Å². The van der Waals surface area contributed by atoms with Gasteiger partial charge in [0, 0.05) is 38.3 Å². The summed E-state index contributed by atoms with van der Waals surface area (Å²) in [5, 5.41) is 16.6. The molecule has 2 unspecified atom stereocenters. The SMILES string of the molecule is CNCC12NC3(CCN(Cc4ccccc4)CC3)CN1C(=O)CN(C(=O)O)C2C. The number of rotatable bonds is 4. The topological polar surface area (TPSA) is 88.2 Å². The molecule has 3 saturated heterocycles. The highest BCUT2D eigenvalue weighted by Gasteiger charge is 2.61. The maximum Gasteiger partial charge on any atom is 0.408 e. The van der Waals surface area contributed by atoms with Crippen molar-refractivity contribution >= 4 is 12.0 Å². The summed E-state index contributed by atoms with van der Waals surface area (Å²) in [6, 6.07) is 10.2. The number of piperazine rings is 1. The molecular formula is C21H31N5O3. The molecule has 0 aromatic heterocycles. The smallest absolute Gasteiger partial charge is 0.408 e. The van der Waals surface area contributed by atoms with E-state index < -0.39 is 11.8 Å². The van der Waals surface area contributed by atoms with E-state index in [1.165, 1.54) is 10.5 Å². The summed E-state index contributed by atoms with van der Waals surface area (Å²) in [5.41, 5.74) is 0.444. The van der Waals surface area contributed by atoms with Crippen molar-refractivity contribution < 1.29 is 14.7 Å². The number of likely N-dealkylation sites (tertiary alicyclic amines) is 1. The number of likely N-dealkylation sites (N-methyl/N-ethyl adjacent to an activating group) is 1. The molecule has 1 aromatic rings. The van der Waals surface area contributed by atoms with Gasteiger partial charge in [-0.15, -0.1) is 0 Å². The van der Waals surface area contributed by atoms with Gasteiger partial charge in [0.2, 0.25) is 5.91 Å². The fourth-order valence-corrected chi connectivity index (χ4v) is 5.33. The summed E-state index contributed by atoms with van der Waals surface area (Å²) < 4.78 is 0. The minimum absolute atomic E-state index is 0.0696. The first-order valence-corrected chi connectivity index (χ1v) is 10.4. The normalized spacial score (nSPS) is 29.3. The molecule has 3 heterocycles. The number of benzene rings is 1. The first kappa shape index (κ1) is 20.1. The first-order chi connectivity index (χ1) is 13.9. The third kappa shape index (κ3) is 3.49. The summed E-state index contributed by atoms with van der Waals surface area (Å²) in [4.78, 5) is 30.3. The van der Waals surface area contributed by atoms with Crippen molar-refractivity contribution in [2.75, 3.05) is 39.8 Å². The van der Waals surface area contributed by atoms with Crippen LogP contribution in [0.1, 0.15) is 25.3 Å². The lowest BCUT2D eigenvalue weighted by Gasteiger charge is -2.50. The first-order valence-electron chi connectivity index (χ1n) is 10.4. The van der Waals surface area contributed by atoms with Crippen molar-refractivity contribution in [3.05, 3.63) is 35.9 Å². The molecule has 3 fully saturated rings. The fourth-order valence-electron chi connectivity index (χ4n) is 5.33. The van der Waals surface area contributed by atoms with E-state index in [9.17, 15) is 14.7 Å². The number of amides is 2. The van der Waals surface area contributed by atoms with E-state index in [1.807, 2.05) is 24.9 Å². The number of hydrogen-bond acceptors (Lipinski definition) is 5. The number of piperidine rings is 1. The lowest BCUT2D eigenvalue weighted by atomic mass is 9.87. The Morgan fingerprint density at radius 2 is 1.97 bits per heavy atom. The monoisotopic (exact) mass is 401 g/mol. The van der Waals surface area contributed by atoms with Gasteiger partial charge in [-0.1, -0.05) is 30.3 Å². The van der Waals surface area contributed by atoms with E-state index in [0.717, 1.165) is 32.5 Å². The Morgan fingerprint density at radius 1 is 1.28 bits per heavy atom.